The molecule has 0 saturated carbocycles. The Kier molecular flexibility index (Phi) is 3.49. The van der Waals surface area contributed by atoms with Crippen molar-refractivity contribution in [1.82, 2.24) is 0 Å². The van der Waals surface area contributed by atoms with Crippen LogP contribution in [0.1, 0.15) is 26.7 Å². The Morgan fingerprint density at radius 3 is 2.56 bits per heavy atom. The van der Waals surface area contributed by atoms with Crippen molar-refractivity contribution in [3.63, 3.8) is 0 Å². The van der Waals surface area contributed by atoms with Crippen LogP contribution in [0.5, 0.6) is 0 Å². The van der Waals surface area contributed by atoms with E-state index in [0.29, 0.717) is 12.0 Å². The van der Waals surface area contributed by atoms with Gasteiger partial charge in [0.25, 0.3) is 0 Å². The number of rotatable bonds is 2. The third kappa shape index (κ3) is 2.38. The van der Waals surface area contributed by atoms with Crippen molar-refractivity contribution in [2.75, 3.05) is 11.4 Å². The molecule has 1 saturated heterocycles. The van der Waals surface area contributed by atoms with Crippen LogP contribution in [0.15, 0.2) is 30.3 Å². The molecule has 1 aliphatic rings. The molecule has 1 N–H and O–H groups in total. The Morgan fingerprint density at radius 2 is 1.94 bits per heavy atom. The number of aliphatic hydroxyl groups is 1. The van der Waals surface area contributed by atoms with Gasteiger partial charge in [-0.1, -0.05) is 32.0 Å². The van der Waals surface area contributed by atoms with Crippen LogP contribution in [0, 0.1) is 5.92 Å². The molecule has 0 radical (unpaired) electrons. The standard InChI is InChI=1S/C14H21NO/c1-11(2)14-10-13(16)8-9-15(14)12-6-4-3-5-7-12/h3-7,11,13-14,16H,8-10H2,1-2H3/t13-,14+/m1/s1. The molecule has 1 aliphatic heterocycles. The van der Waals surface area contributed by atoms with Crippen LogP contribution >= 0.6 is 0 Å². The van der Waals surface area contributed by atoms with E-state index in [2.05, 4.69) is 43.0 Å². The first-order chi connectivity index (χ1) is 7.68. The van der Waals surface area contributed by atoms with E-state index in [9.17, 15) is 5.11 Å². The van der Waals surface area contributed by atoms with Gasteiger partial charge in [0.15, 0.2) is 0 Å². The monoisotopic (exact) mass is 219 g/mol. The maximum absolute atomic E-state index is 9.77. The summed E-state index contributed by atoms with van der Waals surface area (Å²) < 4.78 is 0. The molecule has 1 aromatic carbocycles. The van der Waals surface area contributed by atoms with E-state index < -0.39 is 0 Å². The van der Waals surface area contributed by atoms with Crippen LogP contribution in [0.3, 0.4) is 0 Å². The van der Waals surface area contributed by atoms with Crippen LogP contribution in [-0.2, 0) is 0 Å². The largest absolute Gasteiger partial charge is 0.393 e. The lowest BCUT2D eigenvalue weighted by molar-refractivity contribution is 0.118. The average Bonchev–Trinajstić information content (AvgIpc) is 2.30. The number of hydrogen-bond donors (Lipinski definition) is 1. The van der Waals surface area contributed by atoms with E-state index in [-0.39, 0.29) is 6.10 Å². The maximum Gasteiger partial charge on any atom is 0.0576 e. The molecule has 0 unspecified atom stereocenters. The lowest BCUT2D eigenvalue weighted by Gasteiger charge is -2.41. The van der Waals surface area contributed by atoms with E-state index in [0.717, 1.165) is 19.4 Å². The molecule has 0 amide bonds. The second-order valence-electron chi connectivity index (χ2n) is 5.02. The summed E-state index contributed by atoms with van der Waals surface area (Å²) in [6.45, 7) is 5.44. The van der Waals surface area contributed by atoms with Crippen LogP contribution in [0.25, 0.3) is 0 Å². The molecule has 2 heteroatoms. The summed E-state index contributed by atoms with van der Waals surface area (Å²) in [5, 5.41) is 9.77. The second kappa shape index (κ2) is 4.88. The molecule has 0 aromatic heterocycles. The topological polar surface area (TPSA) is 23.5 Å². The summed E-state index contributed by atoms with van der Waals surface area (Å²) in [6.07, 6.45) is 1.66. The van der Waals surface area contributed by atoms with E-state index in [1.54, 1.807) is 0 Å². The van der Waals surface area contributed by atoms with Crippen molar-refractivity contribution in [1.29, 1.82) is 0 Å². The number of anilines is 1. The van der Waals surface area contributed by atoms with Crippen LogP contribution in [0.2, 0.25) is 0 Å². The van der Waals surface area contributed by atoms with Gasteiger partial charge in [0.1, 0.15) is 0 Å². The van der Waals surface area contributed by atoms with Crippen molar-refractivity contribution < 1.29 is 5.11 Å². The molecule has 1 fully saturated rings. The fourth-order valence-electron chi connectivity index (χ4n) is 2.55. The quantitative estimate of drug-likeness (QED) is 0.826. The number of para-hydroxylation sites is 1. The molecule has 1 aromatic rings. The van der Waals surface area contributed by atoms with E-state index in [4.69, 9.17) is 0 Å². The Bertz CT molecular complexity index is 323. The Hall–Kier alpha value is -1.02. The Balaban J connectivity index is 2.19. The Labute approximate surface area is 97.9 Å². The zero-order valence-electron chi connectivity index (χ0n) is 10.1. The van der Waals surface area contributed by atoms with Gasteiger partial charge in [0.2, 0.25) is 0 Å². The lowest BCUT2D eigenvalue weighted by atomic mass is 9.90. The van der Waals surface area contributed by atoms with Gasteiger partial charge in [-0.05, 0) is 30.9 Å². The van der Waals surface area contributed by atoms with Crippen molar-refractivity contribution in [3.05, 3.63) is 30.3 Å². The highest BCUT2D eigenvalue weighted by molar-refractivity contribution is 5.47. The highest BCUT2D eigenvalue weighted by atomic mass is 16.3. The molecule has 0 aliphatic carbocycles. The van der Waals surface area contributed by atoms with E-state index >= 15 is 0 Å². The SMILES string of the molecule is CC(C)[C@@H]1C[C@H](O)CCN1c1ccccc1. The average molecular weight is 219 g/mol. The first-order valence-electron chi connectivity index (χ1n) is 6.18. The molecule has 1 heterocycles. The van der Waals surface area contributed by atoms with Crippen LogP contribution < -0.4 is 4.90 Å². The van der Waals surface area contributed by atoms with Crippen LogP contribution in [0.4, 0.5) is 5.69 Å². The summed E-state index contributed by atoms with van der Waals surface area (Å²) in [5.74, 6) is 0.579. The van der Waals surface area contributed by atoms with Crippen LogP contribution in [-0.4, -0.2) is 23.8 Å². The fraction of sp³-hybridized carbons (Fsp3) is 0.571. The molecule has 2 rings (SSSR count). The third-order valence-corrected chi connectivity index (χ3v) is 3.47. The van der Waals surface area contributed by atoms with Crippen molar-refractivity contribution in [3.8, 4) is 0 Å². The minimum atomic E-state index is -0.118. The lowest BCUT2D eigenvalue weighted by Crippen LogP contribution is -2.47. The second-order valence-corrected chi connectivity index (χ2v) is 5.02. The molecule has 2 nitrogen and oxygen atoms in total. The summed E-state index contributed by atoms with van der Waals surface area (Å²) in [5.41, 5.74) is 1.29. The van der Waals surface area contributed by atoms with Gasteiger partial charge in [0.05, 0.1) is 6.10 Å². The molecular weight excluding hydrogens is 198 g/mol. The normalized spacial score (nSPS) is 26.1. The van der Waals surface area contributed by atoms with Gasteiger partial charge < -0.3 is 10.0 Å². The number of aliphatic hydroxyl groups excluding tert-OH is 1. The minimum absolute atomic E-state index is 0.118. The van der Waals surface area contributed by atoms with Gasteiger partial charge in [-0.2, -0.15) is 0 Å². The summed E-state index contributed by atoms with van der Waals surface area (Å²) in [7, 11) is 0. The molecule has 2 atom stereocenters. The molecule has 0 spiro atoms. The molecule has 0 bridgehead atoms. The molecule has 88 valence electrons. The maximum atomic E-state index is 9.77. The molecule has 16 heavy (non-hydrogen) atoms. The number of nitrogens with zero attached hydrogens (tertiary/aromatic N) is 1. The fourth-order valence-corrected chi connectivity index (χ4v) is 2.55. The zero-order chi connectivity index (χ0) is 11.5. The smallest absolute Gasteiger partial charge is 0.0576 e. The van der Waals surface area contributed by atoms with Crippen molar-refractivity contribution >= 4 is 5.69 Å². The van der Waals surface area contributed by atoms with Gasteiger partial charge in [-0.15, -0.1) is 0 Å². The highest BCUT2D eigenvalue weighted by Gasteiger charge is 2.29. The first-order valence-corrected chi connectivity index (χ1v) is 6.18. The summed E-state index contributed by atoms with van der Waals surface area (Å²) in [4.78, 5) is 2.44. The first kappa shape index (κ1) is 11.5. The number of hydrogen-bond acceptors (Lipinski definition) is 2. The number of benzene rings is 1. The zero-order valence-corrected chi connectivity index (χ0v) is 10.1. The third-order valence-electron chi connectivity index (χ3n) is 3.47. The predicted octanol–water partition coefficient (Wildman–Crippen LogP) is 2.67. The summed E-state index contributed by atoms with van der Waals surface area (Å²) >= 11 is 0. The highest BCUT2D eigenvalue weighted by Crippen LogP contribution is 2.28. The summed E-state index contributed by atoms with van der Waals surface area (Å²) in [6, 6.07) is 11.0. The van der Waals surface area contributed by atoms with Crippen molar-refractivity contribution in [2.24, 2.45) is 5.92 Å². The van der Waals surface area contributed by atoms with Crippen molar-refractivity contribution in [2.45, 2.75) is 38.8 Å². The predicted molar refractivity (Wildman–Crippen MR) is 67.7 cm³/mol. The van der Waals surface area contributed by atoms with E-state index in [1.165, 1.54) is 5.69 Å². The van der Waals surface area contributed by atoms with Gasteiger partial charge in [-0.25, -0.2) is 0 Å². The van der Waals surface area contributed by atoms with E-state index in [1.807, 2.05) is 6.07 Å². The minimum Gasteiger partial charge on any atom is -0.393 e. The Morgan fingerprint density at radius 1 is 1.25 bits per heavy atom. The van der Waals surface area contributed by atoms with Gasteiger partial charge in [-0.3, -0.25) is 0 Å². The van der Waals surface area contributed by atoms with Gasteiger partial charge in [0, 0.05) is 18.3 Å². The van der Waals surface area contributed by atoms with Gasteiger partial charge >= 0.3 is 0 Å². The molecular formula is C14H21NO. The number of piperidine rings is 1.